The SMILES string of the molecule is CCOCCC(N)c1ccc(Cl)cc1F. The average molecular weight is 232 g/mol. The van der Waals surface area contributed by atoms with Crippen molar-refractivity contribution in [1.29, 1.82) is 0 Å². The maximum atomic E-state index is 13.4. The summed E-state index contributed by atoms with van der Waals surface area (Å²) in [5.41, 5.74) is 6.31. The highest BCUT2D eigenvalue weighted by atomic mass is 35.5. The molecule has 0 aliphatic rings. The molecule has 0 radical (unpaired) electrons. The minimum absolute atomic E-state index is 0.339. The van der Waals surface area contributed by atoms with E-state index in [0.29, 0.717) is 30.2 Å². The molecule has 0 bridgehead atoms. The van der Waals surface area contributed by atoms with E-state index in [2.05, 4.69) is 0 Å². The van der Waals surface area contributed by atoms with Crippen LogP contribution < -0.4 is 5.73 Å². The predicted molar refractivity (Wildman–Crippen MR) is 59.4 cm³/mol. The highest BCUT2D eigenvalue weighted by Gasteiger charge is 2.11. The van der Waals surface area contributed by atoms with Crippen molar-refractivity contribution in [3.63, 3.8) is 0 Å². The molecule has 1 rings (SSSR count). The molecular formula is C11H15ClFNO. The van der Waals surface area contributed by atoms with Crippen LogP contribution in [-0.2, 0) is 4.74 Å². The lowest BCUT2D eigenvalue weighted by atomic mass is 10.0. The van der Waals surface area contributed by atoms with Crippen LogP contribution in [0.5, 0.6) is 0 Å². The third-order valence-corrected chi connectivity index (χ3v) is 2.37. The van der Waals surface area contributed by atoms with Gasteiger partial charge in [0.15, 0.2) is 0 Å². The van der Waals surface area contributed by atoms with Gasteiger partial charge in [-0.15, -0.1) is 0 Å². The lowest BCUT2D eigenvalue weighted by Crippen LogP contribution is -2.14. The number of halogens is 2. The summed E-state index contributed by atoms with van der Waals surface area (Å²) < 4.78 is 18.6. The van der Waals surface area contributed by atoms with E-state index in [1.807, 2.05) is 6.92 Å². The molecule has 4 heteroatoms. The molecule has 0 saturated carbocycles. The maximum Gasteiger partial charge on any atom is 0.129 e. The summed E-state index contributed by atoms with van der Waals surface area (Å²) in [4.78, 5) is 0. The van der Waals surface area contributed by atoms with Crippen LogP contribution >= 0.6 is 11.6 Å². The van der Waals surface area contributed by atoms with E-state index >= 15 is 0 Å². The van der Waals surface area contributed by atoms with Gasteiger partial charge in [0.1, 0.15) is 5.82 Å². The molecule has 15 heavy (non-hydrogen) atoms. The summed E-state index contributed by atoms with van der Waals surface area (Å²) in [6.45, 7) is 3.10. The van der Waals surface area contributed by atoms with Crippen LogP contribution in [0.1, 0.15) is 24.9 Å². The van der Waals surface area contributed by atoms with Gasteiger partial charge in [0, 0.05) is 29.8 Å². The van der Waals surface area contributed by atoms with Gasteiger partial charge in [-0.25, -0.2) is 4.39 Å². The van der Waals surface area contributed by atoms with Crippen molar-refractivity contribution < 1.29 is 9.13 Å². The second kappa shape index (κ2) is 6.05. The van der Waals surface area contributed by atoms with Gasteiger partial charge in [-0.3, -0.25) is 0 Å². The Kier molecular flexibility index (Phi) is 5.02. The van der Waals surface area contributed by atoms with E-state index < -0.39 is 0 Å². The van der Waals surface area contributed by atoms with Gasteiger partial charge >= 0.3 is 0 Å². The smallest absolute Gasteiger partial charge is 0.129 e. The molecule has 1 aromatic rings. The zero-order valence-corrected chi connectivity index (χ0v) is 9.43. The molecule has 84 valence electrons. The molecule has 0 fully saturated rings. The fourth-order valence-electron chi connectivity index (χ4n) is 1.31. The van der Waals surface area contributed by atoms with E-state index in [9.17, 15) is 4.39 Å². The third-order valence-electron chi connectivity index (χ3n) is 2.14. The van der Waals surface area contributed by atoms with Crippen molar-refractivity contribution in [2.45, 2.75) is 19.4 Å². The zero-order valence-electron chi connectivity index (χ0n) is 8.67. The quantitative estimate of drug-likeness (QED) is 0.791. The molecule has 0 saturated heterocycles. The van der Waals surface area contributed by atoms with Crippen LogP contribution in [0, 0.1) is 5.82 Å². The Morgan fingerprint density at radius 3 is 2.87 bits per heavy atom. The molecule has 0 aromatic heterocycles. The number of nitrogens with two attached hydrogens (primary N) is 1. The van der Waals surface area contributed by atoms with Gasteiger partial charge in [-0.05, 0) is 25.5 Å². The van der Waals surface area contributed by atoms with E-state index in [1.54, 1.807) is 12.1 Å². The number of ether oxygens (including phenoxy) is 1. The van der Waals surface area contributed by atoms with E-state index in [-0.39, 0.29) is 11.9 Å². The Labute approximate surface area is 94.2 Å². The Morgan fingerprint density at radius 1 is 1.53 bits per heavy atom. The first-order chi connectivity index (χ1) is 7.15. The van der Waals surface area contributed by atoms with Crippen molar-refractivity contribution in [3.8, 4) is 0 Å². The molecule has 0 aliphatic carbocycles. The minimum atomic E-state index is -0.355. The number of hydrogen-bond acceptors (Lipinski definition) is 2. The van der Waals surface area contributed by atoms with Gasteiger partial charge in [0.25, 0.3) is 0 Å². The van der Waals surface area contributed by atoms with Crippen LogP contribution in [0.2, 0.25) is 5.02 Å². The van der Waals surface area contributed by atoms with Gasteiger partial charge in [0.2, 0.25) is 0 Å². The Morgan fingerprint density at radius 2 is 2.27 bits per heavy atom. The molecule has 0 aliphatic heterocycles. The minimum Gasteiger partial charge on any atom is -0.382 e. The van der Waals surface area contributed by atoms with Crippen LogP contribution in [0.4, 0.5) is 4.39 Å². The summed E-state index contributed by atoms with van der Waals surface area (Å²) in [6, 6.07) is 4.19. The third kappa shape index (κ3) is 3.78. The highest BCUT2D eigenvalue weighted by molar-refractivity contribution is 6.30. The molecule has 2 nitrogen and oxygen atoms in total. The van der Waals surface area contributed by atoms with Gasteiger partial charge in [-0.2, -0.15) is 0 Å². The molecule has 0 spiro atoms. The molecule has 0 amide bonds. The number of benzene rings is 1. The lowest BCUT2D eigenvalue weighted by molar-refractivity contribution is 0.139. The number of rotatable bonds is 5. The first kappa shape index (κ1) is 12.4. The van der Waals surface area contributed by atoms with Crippen LogP contribution in [0.3, 0.4) is 0 Å². The Balaban J connectivity index is 2.61. The van der Waals surface area contributed by atoms with Gasteiger partial charge in [-0.1, -0.05) is 17.7 Å². The molecule has 1 atom stereocenters. The highest BCUT2D eigenvalue weighted by Crippen LogP contribution is 2.21. The average Bonchev–Trinajstić information content (AvgIpc) is 2.17. The first-order valence-electron chi connectivity index (χ1n) is 4.93. The fraction of sp³-hybridized carbons (Fsp3) is 0.455. The van der Waals surface area contributed by atoms with Crippen molar-refractivity contribution >= 4 is 11.6 Å². The van der Waals surface area contributed by atoms with Crippen molar-refractivity contribution in [2.75, 3.05) is 13.2 Å². The normalized spacial score (nSPS) is 12.8. The molecule has 1 unspecified atom stereocenters. The Hall–Kier alpha value is -0.640. The predicted octanol–water partition coefficient (Wildman–Crippen LogP) is 2.91. The first-order valence-corrected chi connectivity index (χ1v) is 5.31. The summed E-state index contributed by atoms with van der Waals surface area (Å²) in [6.07, 6.45) is 0.604. The van der Waals surface area contributed by atoms with E-state index in [0.717, 1.165) is 0 Å². The van der Waals surface area contributed by atoms with Crippen LogP contribution in [0.25, 0.3) is 0 Å². The van der Waals surface area contributed by atoms with Gasteiger partial charge < -0.3 is 10.5 Å². The summed E-state index contributed by atoms with van der Waals surface area (Å²) in [5.74, 6) is -0.355. The summed E-state index contributed by atoms with van der Waals surface area (Å²) in [7, 11) is 0. The standard InChI is InChI=1S/C11H15ClFNO/c1-2-15-6-5-11(14)9-4-3-8(12)7-10(9)13/h3-4,7,11H,2,5-6,14H2,1H3. The lowest BCUT2D eigenvalue weighted by Gasteiger charge is -2.12. The Bertz CT molecular complexity index is 319. The van der Waals surface area contributed by atoms with E-state index in [4.69, 9.17) is 22.1 Å². The second-order valence-corrected chi connectivity index (χ2v) is 3.69. The number of hydrogen-bond donors (Lipinski definition) is 1. The monoisotopic (exact) mass is 231 g/mol. The largest absolute Gasteiger partial charge is 0.382 e. The zero-order chi connectivity index (χ0) is 11.3. The molecular weight excluding hydrogens is 217 g/mol. The summed E-state index contributed by atoms with van der Waals surface area (Å²) in [5, 5.41) is 0.383. The second-order valence-electron chi connectivity index (χ2n) is 3.26. The maximum absolute atomic E-state index is 13.4. The van der Waals surface area contributed by atoms with E-state index in [1.165, 1.54) is 6.07 Å². The van der Waals surface area contributed by atoms with Gasteiger partial charge in [0.05, 0.1) is 0 Å². The topological polar surface area (TPSA) is 35.2 Å². The van der Waals surface area contributed by atoms with Crippen LogP contribution in [-0.4, -0.2) is 13.2 Å². The van der Waals surface area contributed by atoms with Crippen LogP contribution in [0.15, 0.2) is 18.2 Å². The van der Waals surface area contributed by atoms with Crippen molar-refractivity contribution in [2.24, 2.45) is 5.73 Å². The molecule has 1 aromatic carbocycles. The van der Waals surface area contributed by atoms with Crippen molar-refractivity contribution in [1.82, 2.24) is 0 Å². The molecule has 0 heterocycles. The fourth-order valence-corrected chi connectivity index (χ4v) is 1.47. The molecule has 2 N–H and O–H groups in total. The van der Waals surface area contributed by atoms with Crippen molar-refractivity contribution in [3.05, 3.63) is 34.6 Å². The summed E-state index contributed by atoms with van der Waals surface area (Å²) >= 11 is 5.64.